The summed E-state index contributed by atoms with van der Waals surface area (Å²) in [5, 5.41) is 10.2. The lowest BCUT2D eigenvalue weighted by molar-refractivity contribution is -0.247. The normalized spacial score (nSPS) is 51.1. The second-order valence-corrected chi connectivity index (χ2v) is 15.2. The molecule has 4 aliphatic carbocycles. The van der Waals surface area contributed by atoms with Gasteiger partial charge in [0, 0.05) is 31.0 Å². The zero-order chi connectivity index (χ0) is 27.2. The van der Waals surface area contributed by atoms with Crippen molar-refractivity contribution in [1.82, 2.24) is 0 Å². The van der Waals surface area contributed by atoms with E-state index in [-0.39, 0.29) is 22.3 Å². The van der Waals surface area contributed by atoms with E-state index in [0.717, 1.165) is 32.1 Å². The maximum Gasteiger partial charge on any atom is 0.222 e. The van der Waals surface area contributed by atoms with Crippen LogP contribution < -0.4 is 0 Å². The molecule has 210 valence electrons. The molecular formula is C32H52O4S. The third-order valence-corrected chi connectivity index (χ3v) is 13.6. The van der Waals surface area contributed by atoms with Gasteiger partial charge in [0.25, 0.3) is 0 Å². The van der Waals surface area contributed by atoms with E-state index in [2.05, 4.69) is 66.7 Å². The molecule has 2 bridgehead atoms. The van der Waals surface area contributed by atoms with E-state index in [1.807, 2.05) is 7.11 Å². The van der Waals surface area contributed by atoms with Gasteiger partial charge in [-0.25, -0.2) is 0 Å². The molecule has 0 aromatic heterocycles. The highest BCUT2D eigenvalue weighted by atomic mass is 32.1. The van der Waals surface area contributed by atoms with Gasteiger partial charge in [0.2, 0.25) is 5.12 Å². The Morgan fingerprint density at radius 2 is 1.78 bits per heavy atom. The Morgan fingerprint density at radius 1 is 1.08 bits per heavy atom. The molecule has 5 aliphatic rings. The molecule has 0 aromatic rings. The Balaban J connectivity index is 1.55. The van der Waals surface area contributed by atoms with Crippen molar-refractivity contribution in [1.29, 1.82) is 0 Å². The maximum absolute atomic E-state index is 11.1. The number of allylic oxidation sites excluding steroid dienone is 2. The van der Waals surface area contributed by atoms with Crippen molar-refractivity contribution < 1.29 is 19.3 Å². The van der Waals surface area contributed by atoms with E-state index in [1.165, 1.54) is 18.4 Å². The van der Waals surface area contributed by atoms with Crippen molar-refractivity contribution in [3.8, 4) is 0 Å². The smallest absolute Gasteiger partial charge is 0.222 e. The van der Waals surface area contributed by atoms with Crippen molar-refractivity contribution >= 4 is 12.6 Å². The molecule has 1 aliphatic heterocycles. The second-order valence-electron chi connectivity index (χ2n) is 14.6. The molecule has 0 amide bonds. The molecule has 1 saturated heterocycles. The first-order valence-corrected chi connectivity index (χ1v) is 15.2. The van der Waals surface area contributed by atoms with Crippen molar-refractivity contribution in [2.24, 2.45) is 45.3 Å². The van der Waals surface area contributed by atoms with Gasteiger partial charge in [-0.2, -0.15) is 0 Å². The molecule has 4 fully saturated rings. The fraction of sp³-hybridized carbons (Fsp3) is 0.875. The minimum Gasteiger partial charge on any atom is -0.392 e. The maximum atomic E-state index is 11.1. The molecule has 37 heavy (non-hydrogen) atoms. The first-order chi connectivity index (χ1) is 17.2. The molecule has 1 heterocycles. The van der Waals surface area contributed by atoms with Crippen LogP contribution in [0.2, 0.25) is 0 Å². The van der Waals surface area contributed by atoms with Crippen LogP contribution in [0.25, 0.3) is 0 Å². The van der Waals surface area contributed by atoms with Crippen LogP contribution in [-0.2, 0) is 14.2 Å². The van der Waals surface area contributed by atoms with Crippen molar-refractivity contribution in [2.75, 3.05) is 14.2 Å². The van der Waals surface area contributed by atoms with Gasteiger partial charge >= 0.3 is 0 Å². The lowest BCUT2D eigenvalue weighted by atomic mass is 9.38. The number of thiol groups is 1. The van der Waals surface area contributed by atoms with Gasteiger partial charge in [0.1, 0.15) is 5.60 Å². The van der Waals surface area contributed by atoms with E-state index in [4.69, 9.17) is 26.8 Å². The van der Waals surface area contributed by atoms with Crippen LogP contribution in [0.15, 0.2) is 23.8 Å². The van der Waals surface area contributed by atoms with E-state index in [0.29, 0.717) is 23.7 Å². The molecule has 3 saturated carbocycles. The monoisotopic (exact) mass is 532 g/mol. The van der Waals surface area contributed by atoms with Gasteiger partial charge in [-0.1, -0.05) is 58.4 Å². The Hall–Kier alpha value is -0.330. The summed E-state index contributed by atoms with van der Waals surface area (Å²) in [7, 11) is 3.62. The number of methoxy groups -OCH3 is 2. The standard InChI is InChI=1S/C32H52O4S/c1-20(2)18-22(34-8)19-21(3)23-12-14-29(7)24-13-15-31-25(10-11-26(33)27(31,4)5)30(24,17-16-28(23,29)6)32(37,35-9)36-31/h13,15,18,21-26,33,37H,10-12,14,16-17,19H2,1-9H3/t21-,22+,23?,24?,25?,26+,28-,29+,30?,31-,32+/m1/s1. The summed E-state index contributed by atoms with van der Waals surface area (Å²) in [5.74, 6) is 1.86. The first kappa shape index (κ1) is 28.2. The summed E-state index contributed by atoms with van der Waals surface area (Å²) >= 11 is 5.28. The molecule has 1 N–H and O–H groups in total. The Bertz CT molecular complexity index is 972. The van der Waals surface area contributed by atoms with Gasteiger partial charge in [0.15, 0.2) is 0 Å². The van der Waals surface area contributed by atoms with Crippen LogP contribution in [0.3, 0.4) is 0 Å². The number of rotatable bonds is 6. The summed E-state index contributed by atoms with van der Waals surface area (Å²) in [6, 6.07) is 0. The van der Waals surface area contributed by atoms with Crippen LogP contribution in [0.5, 0.6) is 0 Å². The van der Waals surface area contributed by atoms with E-state index in [9.17, 15) is 5.11 Å². The topological polar surface area (TPSA) is 47.9 Å². The number of fused-ring (bicyclic) bond motifs is 2. The lowest BCUT2D eigenvalue weighted by Gasteiger charge is -2.66. The lowest BCUT2D eigenvalue weighted by Crippen LogP contribution is -2.66. The fourth-order valence-electron chi connectivity index (χ4n) is 10.7. The van der Waals surface area contributed by atoms with Crippen LogP contribution in [-0.4, -0.2) is 42.3 Å². The van der Waals surface area contributed by atoms with Crippen LogP contribution in [0, 0.1) is 45.3 Å². The second kappa shape index (κ2) is 8.83. The summed E-state index contributed by atoms with van der Waals surface area (Å²) < 4.78 is 19.2. The van der Waals surface area contributed by atoms with Crippen LogP contribution >= 0.6 is 12.6 Å². The largest absolute Gasteiger partial charge is 0.392 e. The SMILES string of the molecule is CO[C@@H](C=C(C)C)C[C@@H](C)C1CC[C@@]2(C)C3C=C[C@@]45O[C@@](S)(OC)C3(CC[C@]12C)C4CC[C@H](O)C5(C)C. The number of aliphatic hydroxyl groups excluding tert-OH is 1. The molecule has 4 nitrogen and oxygen atoms in total. The zero-order valence-corrected chi connectivity index (χ0v) is 25.7. The summed E-state index contributed by atoms with van der Waals surface area (Å²) in [5.41, 5.74) is 0.521. The Labute approximate surface area is 231 Å². The van der Waals surface area contributed by atoms with E-state index < -0.39 is 22.2 Å². The molecular weight excluding hydrogens is 480 g/mol. The Morgan fingerprint density at radius 3 is 2.41 bits per heavy atom. The number of ether oxygens (including phenoxy) is 3. The third-order valence-electron chi connectivity index (χ3n) is 12.9. The average Bonchev–Trinajstić information content (AvgIpc) is 3.18. The van der Waals surface area contributed by atoms with Gasteiger partial charge in [-0.05, 0) is 87.4 Å². The molecule has 5 rings (SSSR count). The van der Waals surface area contributed by atoms with Gasteiger partial charge in [-0.3, -0.25) is 0 Å². The highest BCUT2D eigenvalue weighted by Gasteiger charge is 2.82. The number of hydrogen-bond acceptors (Lipinski definition) is 5. The van der Waals surface area contributed by atoms with Crippen LogP contribution in [0.1, 0.15) is 93.4 Å². The molecule has 1 spiro atoms. The summed E-state index contributed by atoms with van der Waals surface area (Å²) in [6.07, 6.45) is 14.4. The summed E-state index contributed by atoms with van der Waals surface area (Å²) in [6.45, 7) is 16.3. The highest BCUT2D eigenvalue weighted by Crippen LogP contribution is 2.81. The number of aliphatic hydroxyl groups is 1. The quantitative estimate of drug-likeness (QED) is 0.216. The van der Waals surface area contributed by atoms with E-state index in [1.54, 1.807) is 7.11 Å². The highest BCUT2D eigenvalue weighted by molar-refractivity contribution is 7.81. The van der Waals surface area contributed by atoms with Crippen molar-refractivity contribution in [3.63, 3.8) is 0 Å². The first-order valence-electron chi connectivity index (χ1n) is 14.7. The molecule has 0 aromatic carbocycles. The Kier molecular flexibility index (Phi) is 6.73. The zero-order valence-electron chi connectivity index (χ0n) is 24.8. The number of hydrogen-bond donors (Lipinski definition) is 2. The van der Waals surface area contributed by atoms with Crippen molar-refractivity contribution in [3.05, 3.63) is 23.8 Å². The average molecular weight is 533 g/mol. The fourth-order valence-corrected chi connectivity index (χ4v) is 11.2. The molecule has 4 unspecified atom stereocenters. The third kappa shape index (κ3) is 3.36. The van der Waals surface area contributed by atoms with Gasteiger partial charge in [0.05, 0.1) is 12.2 Å². The van der Waals surface area contributed by atoms with Crippen LogP contribution in [0.4, 0.5) is 0 Å². The minimum absolute atomic E-state index is 0.131. The predicted molar refractivity (Wildman–Crippen MR) is 152 cm³/mol. The van der Waals surface area contributed by atoms with Gasteiger partial charge < -0.3 is 19.3 Å². The molecule has 5 heteroatoms. The van der Waals surface area contributed by atoms with Gasteiger partial charge in [-0.15, -0.1) is 12.6 Å². The molecule has 11 atom stereocenters. The van der Waals surface area contributed by atoms with Crippen molar-refractivity contribution in [2.45, 2.75) is 116 Å². The summed E-state index contributed by atoms with van der Waals surface area (Å²) in [4.78, 5) is 0. The van der Waals surface area contributed by atoms with E-state index >= 15 is 0 Å². The molecule has 0 radical (unpaired) electrons. The predicted octanol–water partition coefficient (Wildman–Crippen LogP) is 7.18. The minimum atomic E-state index is -0.966.